The highest BCUT2D eigenvalue weighted by Crippen LogP contribution is 2.42. The molecule has 4 aromatic rings. The van der Waals surface area contributed by atoms with Crippen LogP contribution in [0.2, 0.25) is 0 Å². The molecule has 1 aromatic heterocycles. The molecule has 0 aliphatic carbocycles. The minimum atomic E-state index is 0.000782. The lowest BCUT2D eigenvalue weighted by atomic mass is 10.0. The first-order valence-corrected chi connectivity index (χ1v) is 11.0. The van der Waals surface area contributed by atoms with Gasteiger partial charge in [0.15, 0.2) is 0 Å². The van der Waals surface area contributed by atoms with Gasteiger partial charge in [-0.15, -0.1) is 0 Å². The molecule has 2 heterocycles. The fourth-order valence-electron chi connectivity index (χ4n) is 4.29. The molecule has 0 bridgehead atoms. The maximum atomic E-state index is 13.5. The number of halogens is 1. The van der Waals surface area contributed by atoms with Gasteiger partial charge in [-0.2, -0.15) is 0 Å². The first-order valence-electron chi connectivity index (χ1n) is 10.2. The third-order valence-corrected chi connectivity index (χ3v) is 6.27. The number of aromatic nitrogens is 1. The molecule has 1 amide bonds. The summed E-state index contributed by atoms with van der Waals surface area (Å²) in [5, 5.41) is 0. The molecule has 0 radical (unpaired) electrons. The average Bonchev–Trinajstić information content (AvgIpc) is 3.22. The molecule has 3 aromatic carbocycles. The summed E-state index contributed by atoms with van der Waals surface area (Å²) in [4.78, 5) is 15.3. The molecule has 0 saturated heterocycles. The van der Waals surface area contributed by atoms with E-state index < -0.39 is 0 Å². The van der Waals surface area contributed by atoms with Gasteiger partial charge >= 0.3 is 0 Å². The van der Waals surface area contributed by atoms with E-state index in [0.717, 1.165) is 49.6 Å². The van der Waals surface area contributed by atoms with Crippen LogP contribution < -0.4 is 4.90 Å². The van der Waals surface area contributed by atoms with Gasteiger partial charge in [0, 0.05) is 32.8 Å². The molecule has 1 aliphatic heterocycles. The topological polar surface area (TPSA) is 25.2 Å². The van der Waals surface area contributed by atoms with Crippen LogP contribution in [-0.4, -0.2) is 10.5 Å². The fourth-order valence-corrected chi connectivity index (χ4v) is 4.56. The lowest BCUT2D eigenvalue weighted by molar-refractivity contribution is -0.112. The quantitative estimate of drug-likeness (QED) is 0.295. The average molecular weight is 469 g/mol. The maximum Gasteiger partial charge on any atom is 0.263 e. The molecule has 5 rings (SSSR count). The van der Waals surface area contributed by atoms with Crippen molar-refractivity contribution >= 4 is 44.9 Å². The van der Waals surface area contributed by atoms with Crippen LogP contribution in [0.1, 0.15) is 22.5 Å². The van der Waals surface area contributed by atoms with E-state index >= 15 is 0 Å². The van der Waals surface area contributed by atoms with Gasteiger partial charge < -0.3 is 4.57 Å². The van der Waals surface area contributed by atoms with E-state index in [1.807, 2.05) is 72.8 Å². The van der Waals surface area contributed by atoms with Gasteiger partial charge in [0.25, 0.3) is 5.91 Å². The van der Waals surface area contributed by atoms with E-state index in [4.69, 9.17) is 0 Å². The van der Waals surface area contributed by atoms with Crippen LogP contribution in [0.25, 0.3) is 17.3 Å². The number of para-hydroxylation sites is 2. The van der Waals surface area contributed by atoms with Crippen molar-refractivity contribution in [3.8, 4) is 5.69 Å². The van der Waals surface area contributed by atoms with Gasteiger partial charge in [0.2, 0.25) is 0 Å². The Labute approximate surface area is 190 Å². The van der Waals surface area contributed by atoms with E-state index in [9.17, 15) is 4.79 Å². The standard InChI is InChI=1S/C27H21BrN2O/c1-18-16-20(19(2)29(18)23-14-12-21(28)13-15-23)17-25-24-10-6-7-11-26(24)30(27(25)31)22-8-4-3-5-9-22/h3-17H,1-2H3/b25-17+. The van der Waals surface area contributed by atoms with E-state index in [1.165, 1.54) is 0 Å². The normalized spacial score (nSPS) is 14.4. The smallest absolute Gasteiger partial charge is 0.263 e. The van der Waals surface area contributed by atoms with E-state index in [-0.39, 0.29) is 5.91 Å². The Morgan fingerprint density at radius 2 is 1.48 bits per heavy atom. The molecule has 0 fully saturated rings. The molecule has 0 unspecified atom stereocenters. The Bertz CT molecular complexity index is 1320. The van der Waals surface area contributed by atoms with Crippen LogP contribution in [0.4, 0.5) is 11.4 Å². The van der Waals surface area contributed by atoms with Crippen molar-refractivity contribution in [3.63, 3.8) is 0 Å². The number of hydrogen-bond acceptors (Lipinski definition) is 1. The number of benzene rings is 3. The van der Waals surface area contributed by atoms with Crippen molar-refractivity contribution in [2.75, 3.05) is 4.90 Å². The molecule has 31 heavy (non-hydrogen) atoms. The Kier molecular flexibility index (Phi) is 4.87. The van der Waals surface area contributed by atoms with Crippen molar-refractivity contribution < 1.29 is 4.79 Å². The van der Waals surface area contributed by atoms with Crippen molar-refractivity contribution in [1.82, 2.24) is 4.57 Å². The molecule has 152 valence electrons. The first-order chi connectivity index (χ1) is 15.0. The number of anilines is 2. The van der Waals surface area contributed by atoms with Crippen molar-refractivity contribution in [3.05, 3.63) is 112 Å². The number of fused-ring (bicyclic) bond motifs is 1. The Balaban J connectivity index is 1.63. The summed E-state index contributed by atoms with van der Waals surface area (Å²) in [6.07, 6.45) is 2.03. The van der Waals surface area contributed by atoms with Gasteiger partial charge in [-0.3, -0.25) is 9.69 Å². The summed E-state index contributed by atoms with van der Waals surface area (Å²) in [6.45, 7) is 4.19. The third-order valence-electron chi connectivity index (χ3n) is 5.74. The van der Waals surface area contributed by atoms with Crippen LogP contribution in [0.5, 0.6) is 0 Å². The Hall–Kier alpha value is -3.37. The highest BCUT2D eigenvalue weighted by Gasteiger charge is 2.33. The van der Waals surface area contributed by atoms with Crippen LogP contribution in [0.15, 0.2) is 89.4 Å². The van der Waals surface area contributed by atoms with Crippen LogP contribution >= 0.6 is 15.9 Å². The molecular weight excluding hydrogens is 448 g/mol. The van der Waals surface area contributed by atoms with Crippen molar-refractivity contribution in [1.29, 1.82) is 0 Å². The first kappa shape index (κ1) is 19.6. The second kappa shape index (κ2) is 7.71. The number of carbonyl (C=O) groups is 1. The maximum absolute atomic E-state index is 13.5. The molecule has 0 spiro atoms. The lowest BCUT2D eigenvalue weighted by Crippen LogP contribution is -2.20. The van der Waals surface area contributed by atoms with Crippen molar-refractivity contribution in [2.24, 2.45) is 0 Å². The Morgan fingerprint density at radius 3 is 2.23 bits per heavy atom. The summed E-state index contributed by atoms with van der Waals surface area (Å²) in [6, 6.07) is 28.2. The van der Waals surface area contributed by atoms with Crippen LogP contribution in [-0.2, 0) is 4.79 Å². The predicted octanol–water partition coefficient (Wildman–Crippen LogP) is 7.08. The molecule has 0 atom stereocenters. The molecule has 3 nitrogen and oxygen atoms in total. The minimum absolute atomic E-state index is 0.000782. The third kappa shape index (κ3) is 3.33. The second-order valence-electron chi connectivity index (χ2n) is 7.69. The van der Waals surface area contributed by atoms with Crippen molar-refractivity contribution in [2.45, 2.75) is 13.8 Å². The van der Waals surface area contributed by atoms with Gasteiger partial charge in [-0.05, 0) is 74.0 Å². The number of nitrogens with zero attached hydrogens (tertiary/aromatic N) is 2. The molecule has 1 aliphatic rings. The van der Waals surface area contributed by atoms with Gasteiger partial charge in [-0.1, -0.05) is 52.3 Å². The van der Waals surface area contributed by atoms with E-state index in [0.29, 0.717) is 0 Å². The van der Waals surface area contributed by atoms with Gasteiger partial charge in [-0.25, -0.2) is 0 Å². The summed E-state index contributed by atoms with van der Waals surface area (Å²) < 4.78 is 3.27. The SMILES string of the molecule is Cc1cc(/C=C2/C(=O)N(c3ccccc3)c3ccccc32)c(C)n1-c1ccc(Br)cc1. The number of amides is 1. The zero-order valence-corrected chi connectivity index (χ0v) is 18.9. The molecule has 4 heteroatoms. The highest BCUT2D eigenvalue weighted by atomic mass is 79.9. The van der Waals surface area contributed by atoms with Gasteiger partial charge in [0.05, 0.1) is 11.3 Å². The fraction of sp³-hybridized carbons (Fsp3) is 0.0741. The highest BCUT2D eigenvalue weighted by molar-refractivity contribution is 9.10. The summed E-state index contributed by atoms with van der Waals surface area (Å²) in [5.41, 5.74) is 7.87. The number of carbonyl (C=O) groups excluding carboxylic acids is 1. The number of aryl methyl sites for hydroxylation is 1. The number of rotatable bonds is 3. The summed E-state index contributed by atoms with van der Waals surface area (Å²) >= 11 is 3.50. The molecular formula is C27H21BrN2O. The van der Waals surface area contributed by atoms with E-state index in [1.54, 1.807) is 4.90 Å². The van der Waals surface area contributed by atoms with Gasteiger partial charge in [0.1, 0.15) is 0 Å². The zero-order valence-electron chi connectivity index (χ0n) is 17.3. The van der Waals surface area contributed by atoms with E-state index in [2.05, 4.69) is 52.5 Å². The lowest BCUT2D eigenvalue weighted by Gasteiger charge is -2.16. The largest absolute Gasteiger partial charge is 0.318 e. The summed E-state index contributed by atoms with van der Waals surface area (Å²) in [7, 11) is 0. The Morgan fingerprint density at radius 1 is 0.806 bits per heavy atom. The van der Waals surface area contributed by atoms with Crippen LogP contribution in [0.3, 0.4) is 0 Å². The summed E-state index contributed by atoms with van der Waals surface area (Å²) in [5.74, 6) is 0.000782. The molecule has 0 N–H and O–H groups in total. The molecule has 0 saturated carbocycles. The zero-order chi connectivity index (χ0) is 21.5. The van der Waals surface area contributed by atoms with Crippen LogP contribution in [0, 0.1) is 13.8 Å². The minimum Gasteiger partial charge on any atom is -0.318 e. The number of hydrogen-bond donors (Lipinski definition) is 0. The predicted molar refractivity (Wildman–Crippen MR) is 131 cm³/mol. The second-order valence-corrected chi connectivity index (χ2v) is 8.61. The monoisotopic (exact) mass is 468 g/mol.